The summed E-state index contributed by atoms with van der Waals surface area (Å²) < 4.78 is 27.2. The maximum Gasteiger partial charge on any atom is 0.338 e. The molecule has 9 heteroatoms. The highest BCUT2D eigenvalue weighted by molar-refractivity contribution is 6.04. The number of ether oxygens (including phenoxy) is 5. The maximum absolute atomic E-state index is 13.1. The molecule has 1 aliphatic rings. The van der Waals surface area contributed by atoms with Crippen LogP contribution in [0.15, 0.2) is 42.0 Å². The summed E-state index contributed by atoms with van der Waals surface area (Å²) in [5.74, 6) is 1.34. The molecule has 0 bridgehead atoms. The highest BCUT2D eigenvalue weighted by atomic mass is 16.5. The van der Waals surface area contributed by atoms with E-state index in [0.29, 0.717) is 46.4 Å². The van der Waals surface area contributed by atoms with Gasteiger partial charge in [0.1, 0.15) is 5.75 Å². The molecule has 2 amide bonds. The zero-order valence-electron chi connectivity index (χ0n) is 19.3. The number of carbonyl (C=O) groups excluding carboxylic acids is 2. The second-order valence-corrected chi connectivity index (χ2v) is 6.96. The van der Waals surface area contributed by atoms with Crippen molar-refractivity contribution in [1.29, 1.82) is 0 Å². The number of methoxy groups -OCH3 is 3. The van der Waals surface area contributed by atoms with Crippen molar-refractivity contribution in [3.05, 3.63) is 53.1 Å². The molecule has 1 atom stereocenters. The first-order valence-electron chi connectivity index (χ1n) is 10.5. The van der Waals surface area contributed by atoms with Gasteiger partial charge in [0.05, 0.1) is 51.9 Å². The third-order valence-electron chi connectivity index (χ3n) is 5.05. The standard InChI is InChI=1S/C24H28N2O7/c1-6-32-22-17(30-4)12-15(13-18(22)31-5)21-19(23(27)33-7-2)20(25-24(28)26-21)14-8-10-16(29-3)11-9-14/h8-13,21H,6-7H2,1-5H3,(H2,25,26,28). The molecule has 3 rings (SSSR count). The number of rotatable bonds is 9. The average Bonchev–Trinajstić information content (AvgIpc) is 2.83. The van der Waals surface area contributed by atoms with Crippen LogP contribution in [-0.4, -0.2) is 46.5 Å². The summed E-state index contributed by atoms with van der Waals surface area (Å²) in [5, 5.41) is 5.56. The normalized spacial score (nSPS) is 15.3. The van der Waals surface area contributed by atoms with Gasteiger partial charge in [-0.3, -0.25) is 0 Å². The number of hydrogen-bond donors (Lipinski definition) is 2. The lowest BCUT2D eigenvalue weighted by atomic mass is 9.92. The zero-order chi connectivity index (χ0) is 24.0. The van der Waals surface area contributed by atoms with Gasteiger partial charge in [0.25, 0.3) is 0 Å². The molecule has 1 aliphatic heterocycles. The summed E-state index contributed by atoms with van der Waals surface area (Å²) in [6.07, 6.45) is 0. The quantitative estimate of drug-likeness (QED) is 0.557. The second-order valence-electron chi connectivity index (χ2n) is 6.96. The lowest BCUT2D eigenvalue weighted by Gasteiger charge is -2.30. The molecule has 0 aromatic heterocycles. The third-order valence-corrected chi connectivity index (χ3v) is 5.05. The van der Waals surface area contributed by atoms with Gasteiger partial charge in [-0.25, -0.2) is 9.59 Å². The number of carbonyl (C=O) groups is 2. The SMILES string of the molecule is CCOC(=O)C1=C(c2ccc(OC)cc2)NC(=O)NC1c1cc(OC)c(OCC)c(OC)c1. The number of urea groups is 1. The lowest BCUT2D eigenvalue weighted by Crippen LogP contribution is -2.45. The Labute approximate surface area is 192 Å². The predicted molar refractivity (Wildman–Crippen MR) is 122 cm³/mol. The third kappa shape index (κ3) is 4.97. The molecule has 1 unspecified atom stereocenters. The Morgan fingerprint density at radius 3 is 2.09 bits per heavy atom. The van der Waals surface area contributed by atoms with Crippen molar-refractivity contribution in [3.63, 3.8) is 0 Å². The van der Waals surface area contributed by atoms with Crippen molar-refractivity contribution < 1.29 is 33.3 Å². The average molecular weight is 456 g/mol. The molecular weight excluding hydrogens is 428 g/mol. The molecule has 176 valence electrons. The van der Waals surface area contributed by atoms with Gasteiger partial charge in [-0.2, -0.15) is 0 Å². The highest BCUT2D eigenvalue weighted by Gasteiger charge is 2.35. The van der Waals surface area contributed by atoms with E-state index in [-0.39, 0.29) is 12.2 Å². The smallest absolute Gasteiger partial charge is 0.338 e. The van der Waals surface area contributed by atoms with E-state index in [1.807, 2.05) is 6.92 Å². The van der Waals surface area contributed by atoms with Crippen LogP contribution in [0.5, 0.6) is 23.0 Å². The van der Waals surface area contributed by atoms with E-state index in [1.54, 1.807) is 50.4 Å². The van der Waals surface area contributed by atoms with Crippen LogP contribution < -0.4 is 29.6 Å². The predicted octanol–water partition coefficient (Wildman–Crippen LogP) is 3.44. The first kappa shape index (κ1) is 23.8. The van der Waals surface area contributed by atoms with Gasteiger partial charge < -0.3 is 34.3 Å². The minimum Gasteiger partial charge on any atom is -0.497 e. The monoisotopic (exact) mass is 456 g/mol. The fourth-order valence-electron chi connectivity index (χ4n) is 3.58. The molecule has 2 aromatic carbocycles. The number of nitrogens with one attached hydrogen (secondary N) is 2. The van der Waals surface area contributed by atoms with Gasteiger partial charge in [-0.05, 0) is 61.4 Å². The molecule has 9 nitrogen and oxygen atoms in total. The van der Waals surface area contributed by atoms with Crippen molar-refractivity contribution >= 4 is 17.7 Å². The van der Waals surface area contributed by atoms with Crippen LogP contribution in [0, 0.1) is 0 Å². The summed E-state index contributed by atoms with van der Waals surface area (Å²) in [5.41, 5.74) is 1.78. The van der Waals surface area contributed by atoms with Gasteiger partial charge >= 0.3 is 12.0 Å². The number of benzene rings is 2. The molecular formula is C24H28N2O7. The molecule has 2 N–H and O–H groups in total. The topological polar surface area (TPSA) is 104 Å². The Morgan fingerprint density at radius 2 is 1.58 bits per heavy atom. The van der Waals surface area contributed by atoms with Gasteiger partial charge in [-0.15, -0.1) is 0 Å². The highest BCUT2D eigenvalue weighted by Crippen LogP contribution is 2.42. The van der Waals surface area contributed by atoms with Crippen molar-refractivity contribution in [2.75, 3.05) is 34.5 Å². The second kappa shape index (κ2) is 10.6. The molecule has 2 aromatic rings. The molecule has 33 heavy (non-hydrogen) atoms. The summed E-state index contributed by atoms with van der Waals surface area (Å²) in [4.78, 5) is 25.7. The Hall–Kier alpha value is -3.88. The van der Waals surface area contributed by atoms with Crippen LogP contribution in [0.4, 0.5) is 4.79 Å². The summed E-state index contributed by atoms with van der Waals surface area (Å²) in [6, 6.07) is 9.13. The van der Waals surface area contributed by atoms with Gasteiger partial charge in [0, 0.05) is 0 Å². The van der Waals surface area contributed by atoms with Crippen LogP contribution in [0.1, 0.15) is 31.0 Å². The molecule has 0 saturated heterocycles. The van der Waals surface area contributed by atoms with Gasteiger partial charge in [0.15, 0.2) is 11.5 Å². The largest absolute Gasteiger partial charge is 0.497 e. The Bertz CT molecular complexity index is 1020. The van der Waals surface area contributed by atoms with Crippen LogP contribution in [0.2, 0.25) is 0 Å². The molecule has 0 aliphatic carbocycles. The molecule has 0 radical (unpaired) electrons. The van der Waals surface area contributed by atoms with Gasteiger partial charge in [0.2, 0.25) is 5.75 Å². The van der Waals surface area contributed by atoms with E-state index in [2.05, 4.69) is 10.6 Å². The fraction of sp³-hybridized carbons (Fsp3) is 0.333. The van der Waals surface area contributed by atoms with E-state index in [1.165, 1.54) is 14.2 Å². The summed E-state index contributed by atoms with van der Waals surface area (Å²) in [7, 11) is 4.58. The van der Waals surface area contributed by atoms with Crippen molar-refractivity contribution in [2.45, 2.75) is 19.9 Å². The van der Waals surface area contributed by atoms with Crippen LogP contribution in [0.3, 0.4) is 0 Å². The Morgan fingerprint density at radius 1 is 0.939 bits per heavy atom. The molecule has 0 saturated carbocycles. The van der Waals surface area contributed by atoms with Crippen LogP contribution in [-0.2, 0) is 9.53 Å². The van der Waals surface area contributed by atoms with Crippen molar-refractivity contribution in [2.24, 2.45) is 0 Å². The van der Waals surface area contributed by atoms with E-state index in [0.717, 1.165) is 0 Å². The molecule has 1 heterocycles. The first-order chi connectivity index (χ1) is 16.0. The van der Waals surface area contributed by atoms with E-state index >= 15 is 0 Å². The van der Waals surface area contributed by atoms with E-state index in [9.17, 15) is 9.59 Å². The number of amides is 2. The Kier molecular flexibility index (Phi) is 7.66. The fourth-order valence-corrected chi connectivity index (χ4v) is 3.58. The number of hydrogen-bond acceptors (Lipinski definition) is 7. The van der Waals surface area contributed by atoms with E-state index < -0.39 is 18.0 Å². The Balaban J connectivity index is 2.21. The maximum atomic E-state index is 13.1. The zero-order valence-corrected chi connectivity index (χ0v) is 19.3. The minimum absolute atomic E-state index is 0.175. The molecule has 0 spiro atoms. The van der Waals surface area contributed by atoms with Crippen molar-refractivity contribution in [1.82, 2.24) is 10.6 Å². The summed E-state index contributed by atoms with van der Waals surface area (Å²) in [6.45, 7) is 4.15. The van der Waals surface area contributed by atoms with Gasteiger partial charge in [-0.1, -0.05) is 0 Å². The number of esters is 1. The first-order valence-corrected chi connectivity index (χ1v) is 10.5. The summed E-state index contributed by atoms with van der Waals surface area (Å²) >= 11 is 0. The van der Waals surface area contributed by atoms with Crippen LogP contribution >= 0.6 is 0 Å². The van der Waals surface area contributed by atoms with E-state index in [4.69, 9.17) is 23.7 Å². The minimum atomic E-state index is -0.826. The van der Waals surface area contributed by atoms with Crippen LogP contribution in [0.25, 0.3) is 5.70 Å². The van der Waals surface area contributed by atoms with Crippen molar-refractivity contribution in [3.8, 4) is 23.0 Å². The lowest BCUT2D eigenvalue weighted by molar-refractivity contribution is -0.138. The molecule has 0 fully saturated rings.